The molecular weight excluding hydrogens is 500 g/mol. The third kappa shape index (κ3) is 13.6. The van der Waals surface area contributed by atoms with Gasteiger partial charge in [0.1, 0.15) is 51.5 Å². The summed E-state index contributed by atoms with van der Waals surface area (Å²) in [5.74, 6) is -0.738. The first-order valence-electron chi connectivity index (χ1n) is 12.3. The van der Waals surface area contributed by atoms with Gasteiger partial charge in [-0.15, -0.1) is 6.54 Å². The summed E-state index contributed by atoms with van der Waals surface area (Å²) in [6.07, 6.45) is -1.98. The Balaban J connectivity index is 2.69. The van der Waals surface area contributed by atoms with Crippen molar-refractivity contribution in [3.05, 3.63) is 42.4 Å². The van der Waals surface area contributed by atoms with Crippen molar-refractivity contribution in [2.45, 2.75) is 13.5 Å². The van der Waals surface area contributed by atoms with Crippen LogP contribution in [0.1, 0.15) is 12.5 Å². The summed E-state index contributed by atoms with van der Waals surface area (Å²) in [6.45, 7) is 3.42. The number of aliphatic hydroxyl groups excluding tert-OH is 2. The smallest absolute Gasteiger partial charge is 0.460 e. The zero-order chi connectivity index (χ0) is 28.7. The molecule has 0 amide bonds. The minimum absolute atomic E-state index is 0.00131. The summed E-state index contributed by atoms with van der Waals surface area (Å²) in [5, 5.41) is 18.1. The molecule has 1 unspecified atom stereocenters. The van der Waals surface area contributed by atoms with Gasteiger partial charge in [0.2, 0.25) is 0 Å². The van der Waals surface area contributed by atoms with Gasteiger partial charge in [0, 0.05) is 14.1 Å². The van der Waals surface area contributed by atoms with E-state index >= 15 is 0 Å². The minimum Gasteiger partial charge on any atom is -0.460 e. The molecule has 216 valence electrons. The highest BCUT2D eigenvalue weighted by Gasteiger charge is 2.39. The third-order valence-electron chi connectivity index (χ3n) is 5.81. The first-order chi connectivity index (χ1) is 17.8. The van der Waals surface area contributed by atoms with Crippen molar-refractivity contribution in [2.24, 2.45) is 5.41 Å². The maximum atomic E-state index is 13.0. The summed E-state index contributed by atoms with van der Waals surface area (Å²) >= 11 is 0. The molecule has 1 atom stereocenters. The Bertz CT molecular complexity index is 821. The number of nitrogens with zero attached hydrogens (tertiary/aromatic N) is 2. The molecule has 2 N–H and O–H groups in total. The van der Waals surface area contributed by atoms with Crippen LogP contribution < -0.4 is 0 Å². The maximum Gasteiger partial charge on any atom is 0.508 e. The highest BCUT2D eigenvalue weighted by Crippen LogP contribution is 2.22. The van der Waals surface area contributed by atoms with Crippen LogP contribution >= 0.6 is 0 Å². The molecule has 0 aliphatic carbocycles. The van der Waals surface area contributed by atoms with Gasteiger partial charge in [0.25, 0.3) is 0 Å². The molecule has 0 aromatic heterocycles. The summed E-state index contributed by atoms with van der Waals surface area (Å²) in [4.78, 5) is 37.3. The van der Waals surface area contributed by atoms with Crippen LogP contribution in [0.15, 0.2) is 30.3 Å². The molecule has 0 heterocycles. The summed E-state index contributed by atoms with van der Waals surface area (Å²) < 4.78 is 26.6. The number of benzene rings is 1. The van der Waals surface area contributed by atoms with E-state index in [0.717, 1.165) is 5.56 Å². The van der Waals surface area contributed by atoms with Gasteiger partial charge in [-0.2, -0.15) is 0 Å². The Morgan fingerprint density at radius 1 is 0.816 bits per heavy atom. The molecule has 1 aromatic carbocycles. The Kier molecular flexibility index (Phi) is 14.0. The van der Waals surface area contributed by atoms with E-state index in [1.807, 2.05) is 34.3 Å². The van der Waals surface area contributed by atoms with Crippen LogP contribution in [0.25, 0.3) is 0 Å². The van der Waals surface area contributed by atoms with Crippen molar-refractivity contribution in [2.75, 3.05) is 87.5 Å². The van der Waals surface area contributed by atoms with E-state index < -0.39 is 36.9 Å². The van der Waals surface area contributed by atoms with E-state index in [1.54, 1.807) is 30.8 Å². The lowest BCUT2D eigenvalue weighted by atomic mass is 9.93. The molecule has 12 nitrogen and oxygen atoms in total. The standard InChI is InChI=1S/C26H43N2O10/c1-26(23(31)36-19-22-9-7-6-8-10-22,20-37-24(32)34-17-13-27(2,3)11-15-29)21-38-25(33)35-18-14-28(4,5)12-16-30/h6-11,29-30H,12-21H2,1-5H3/q+1. The number of hydrogen-bond donors (Lipinski definition) is 2. The lowest BCUT2D eigenvalue weighted by molar-refractivity contribution is -0.890. The van der Waals surface area contributed by atoms with E-state index in [-0.39, 0.29) is 33.0 Å². The third-order valence-corrected chi connectivity index (χ3v) is 5.81. The van der Waals surface area contributed by atoms with Crippen molar-refractivity contribution < 1.29 is 57.2 Å². The maximum absolute atomic E-state index is 13.0. The Labute approximate surface area is 224 Å². The second kappa shape index (κ2) is 16.1. The molecule has 0 radical (unpaired) electrons. The SMILES string of the molecule is CC(COC(=O)OCC[N+](C)(C)[CH-]CO)(COC(=O)OCC[N+](C)(C)CCO)C(=O)OCc1ccccc1. The zero-order valence-electron chi connectivity index (χ0n) is 23.1. The van der Waals surface area contributed by atoms with Gasteiger partial charge in [0.15, 0.2) is 0 Å². The van der Waals surface area contributed by atoms with Crippen molar-refractivity contribution in [3.63, 3.8) is 0 Å². The fraction of sp³-hybridized carbons (Fsp3) is 0.615. The van der Waals surface area contributed by atoms with E-state index in [9.17, 15) is 14.4 Å². The van der Waals surface area contributed by atoms with Crippen LogP contribution in [0, 0.1) is 12.0 Å². The number of quaternary nitrogens is 2. The van der Waals surface area contributed by atoms with Crippen molar-refractivity contribution in [1.82, 2.24) is 0 Å². The molecule has 0 aliphatic heterocycles. The van der Waals surface area contributed by atoms with Gasteiger partial charge in [0.05, 0.1) is 27.2 Å². The van der Waals surface area contributed by atoms with Crippen LogP contribution in [0.4, 0.5) is 9.59 Å². The van der Waals surface area contributed by atoms with E-state index in [2.05, 4.69) is 0 Å². The molecule has 38 heavy (non-hydrogen) atoms. The molecular formula is C26H43N2O10+. The molecule has 0 bridgehead atoms. The van der Waals surface area contributed by atoms with Crippen LogP contribution in [-0.4, -0.2) is 125 Å². The second-order valence-electron chi connectivity index (χ2n) is 10.4. The molecule has 1 aromatic rings. The quantitative estimate of drug-likeness (QED) is 0.128. The van der Waals surface area contributed by atoms with Gasteiger partial charge in [-0.05, 0) is 19.1 Å². The summed E-state index contributed by atoms with van der Waals surface area (Å²) in [5.41, 5.74) is -0.771. The topological polar surface area (TPSA) is 138 Å². The lowest BCUT2D eigenvalue weighted by Gasteiger charge is -2.38. The van der Waals surface area contributed by atoms with Crippen LogP contribution in [0.3, 0.4) is 0 Å². The first-order valence-corrected chi connectivity index (χ1v) is 12.3. The Morgan fingerprint density at radius 2 is 1.37 bits per heavy atom. The highest BCUT2D eigenvalue weighted by molar-refractivity contribution is 5.77. The van der Waals surface area contributed by atoms with Gasteiger partial charge in [-0.1, -0.05) is 30.3 Å². The summed E-state index contributed by atoms with van der Waals surface area (Å²) in [6, 6.07) is 9.02. The number of rotatable bonds is 17. The predicted molar refractivity (Wildman–Crippen MR) is 136 cm³/mol. The number of likely N-dealkylation sites (N-methyl/N-ethyl adjacent to an activating group) is 2. The molecule has 0 aliphatic rings. The monoisotopic (exact) mass is 543 g/mol. The molecule has 0 saturated heterocycles. The van der Waals surface area contributed by atoms with Crippen molar-refractivity contribution >= 4 is 18.3 Å². The molecule has 0 spiro atoms. The second-order valence-corrected chi connectivity index (χ2v) is 10.4. The van der Waals surface area contributed by atoms with Crippen molar-refractivity contribution in [3.8, 4) is 0 Å². The van der Waals surface area contributed by atoms with Crippen LogP contribution in [-0.2, 0) is 35.1 Å². The van der Waals surface area contributed by atoms with Crippen molar-refractivity contribution in [1.29, 1.82) is 0 Å². The number of ether oxygens (including phenoxy) is 5. The lowest BCUT2D eigenvalue weighted by Crippen LogP contribution is -2.44. The molecule has 0 saturated carbocycles. The molecule has 0 fully saturated rings. The number of carbonyl (C=O) groups is 3. The van der Waals surface area contributed by atoms with E-state index in [4.69, 9.17) is 33.9 Å². The highest BCUT2D eigenvalue weighted by atomic mass is 16.7. The average molecular weight is 544 g/mol. The van der Waals surface area contributed by atoms with Crippen LogP contribution in [0.5, 0.6) is 0 Å². The Morgan fingerprint density at radius 3 is 1.89 bits per heavy atom. The minimum atomic E-state index is -1.53. The normalized spacial score (nSPS) is 13.2. The van der Waals surface area contributed by atoms with Gasteiger partial charge < -0.3 is 42.9 Å². The number of hydrogen-bond acceptors (Lipinski definition) is 10. The average Bonchev–Trinajstić information content (AvgIpc) is 2.85. The number of aliphatic hydroxyl groups is 2. The van der Waals surface area contributed by atoms with Gasteiger partial charge in [-0.3, -0.25) is 4.79 Å². The van der Waals surface area contributed by atoms with Crippen LogP contribution in [0.2, 0.25) is 0 Å². The van der Waals surface area contributed by atoms with Gasteiger partial charge in [-0.25, -0.2) is 9.59 Å². The molecule has 12 heteroatoms. The van der Waals surface area contributed by atoms with E-state index in [0.29, 0.717) is 28.6 Å². The summed E-state index contributed by atoms with van der Waals surface area (Å²) in [7, 11) is 7.42. The fourth-order valence-corrected chi connectivity index (χ4v) is 3.01. The number of esters is 1. The largest absolute Gasteiger partial charge is 0.508 e. The zero-order valence-corrected chi connectivity index (χ0v) is 23.1. The first kappa shape index (κ1) is 33.1. The van der Waals surface area contributed by atoms with E-state index in [1.165, 1.54) is 6.92 Å². The molecule has 1 rings (SSSR count). The van der Waals surface area contributed by atoms with Gasteiger partial charge >= 0.3 is 18.3 Å². The number of carbonyl (C=O) groups excluding carboxylic acids is 3. The predicted octanol–water partition coefficient (Wildman–Crippen LogP) is 1.34. The fourth-order valence-electron chi connectivity index (χ4n) is 3.01. The Hall–Kier alpha value is -2.93.